The highest BCUT2D eigenvalue weighted by Gasteiger charge is 2.37. The lowest BCUT2D eigenvalue weighted by atomic mass is 9.87. The van der Waals surface area contributed by atoms with E-state index in [4.69, 9.17) is 9.84 Å². The summed E-state index contributed by atoms with van der Waals surface area (Å²) >= 11 is 0. The summed E-state index contributed by atoms with van der Waals surface area (Å²) in [6.07, 6.45) is -3.97. The number of carbonyl (C=O) groups is 1. The molecule has 0 aromatic heterocycles. The Morgan fingerprint density at radius 2 is 1.81 bits per heavy atom. The van der Waals surface area contributed by atoms with Crippen molar-refractivity contribution in [2.75, 3.05) is 13.7 Å². The smallest absolute Gasteiger partial charge is 0.416 e. The number of alkyl halides is 3. The molecule has 1 N–H and O–H groups in total. The zero-order chi connectivity index (χ0) is 23.8. The summed E-state index contributed by atoms with van der Waals surface area (Å²) in [5, 5.41) is 8.81. The monoisotopic (exact) mass is 479 g/mol. The molecular formula is C20H18F5NO5S. The van der Waals surface area contributed by atoms with E-state index in [0.717, 1.165) is 23.5 Å². The van der Waals surface area contributed by atoms with Gasteiger partial charge in [0.25, 0.3) is 0 Å². The Labute approximate surface area is 180 Å². The van der Waals surface area contributed by atoms with Crippen LogP contribution in [0.2, 0.25) is 0 Å². The molecule has 0 fully saturated rings. The summed E-state index contributed by atoms with van der Waals surface area (Å²) < 4.78 is 99.1. The quantitative estimate of drug-likeness (QED) is 0.630. The molecule has 3 rings (SSSR count). The lowest BCUT2D eigenvalue weighted by Crippen LogP contribution is -2.34. The first-order valence-electron chi connectivity index (χ1n) is 9.33. The number of hydrogen-bond donors (Lipinski definition) is 1. The van der Waals surface area contributed by atoms with Crippen LogP contribution in [0.4, 0.5) is 22.0 Å². The predicted octanol–water partition coefficient (Wildman–Crippen LogP) is 4.15. The van der Waals surface area contributed by atoms with Crippen LogP contribution in [0.15, 0.2) is 35.2 Å². The standard InChI is InChI=1S/C20H18F5NO5S/c1-26(32(29,30)14-6-11(20(23,24)25)5-12(21)7-14)17-4-2-3-15-16(17)8-13(22)9-18(15)31-10-19(27)28/h5-9,17H,2-4,10H2,1H3,(H,27,28). The largest absolute Gasteiger partial charge is 0.482 e. The second kappa shape index (κ2) is 8.66. The topological polar surface area (TPSA) is 83.9 Å². The number of halogens is 5. The third kappa shape index (κ3) is 4.85. The van der Waals surface area contributed by atoms with E-state index in [1.165, 1.54) is 0 Å². The SMILES string of the molecule is CN(C1CCCc2c(OCC(=O)O)cc(F)cc21)S(=O)(=O)c1cc(F)cc(C(F)(F)F)c1. The van der Waals surface area contributed by atoms with Gasteiger partial charge in [-0.3, -0.25) is 0 Å². The number of hydrogen-bond acceptors (Lipinski definition) is 4. The molecule has 174 valence electrons. The highest BCUT2D eigenvalue weighted by molar-refractivity contribution is 7.89. The van der Waals surface area contributed by atoms with Crippen molar-refractivity contribution in [1.82, 2.24) is 4.31 Å². The molecule has 1 unspecified atom stereocenters. The van der Waals surface area contributed by atoms with Crippen LogP contribution < -0.4 is 4.74 Å². The van der Waals surface area contributed by atoms with Crippen LogP contribution in [0.3, 0.4) is 0 Å². The van der Waals surface area contributed by atoms with Crippen molar-refractivity contribution < 1.29 is 45.0 Å². The van der Waals surface area contributed by atoms with Crippen molar-refractivity contribution in [3.05, 3.63) is 58.7 Å². The second-order valence-corrected chi connectivity index (χ2v) is 9.25. The third-order valence-electron chi connectivity index (χ3n) is 5.14. The highest BCUT2D eigenvalue weighted by atomic mass is 32.2. The third-order valence-corrected chi connectivity index (χ3v) is 6.98. The van der Waals surface area contributed by atoms with E-state index < -0.39 is 56.9 Å². The van der Waals surface area contributed by atoms with Crippen LogP contribution in [0, 0.1) is 11.6 Å². The minimum atomic E-state index is -4.96. The van der Waals surface area contributed by atoms with Gasteiger partial charge in [0.1, 0.15) is 17.4 Å². The number of nitrogens with zero attached hydrogens (tertiary/aromatic N) is 1. The molecule has 0 aliphatic heterocycles. The van der Waals surface area contributed by atoms with Crippen molar-refractivity contribution in [3.8, 4) is 5.75 Å². The number of carboxylic acids is 1. The van der Waals surface area contributed by atoms with Crippen LogP contribution in [0.25, 0.3) is 0 Å². The van der Waals surface area contributed by atoms with Gasteiger partial charge >= 0.3 is 12.1 Å². The first kappa shape index (κ1) is 23.9. The van der Waals surface area contributed by atoms with Crippen LogP contribution in [-0.2, 0) is 27.4 Å². The normalized spacial score (nSPS) is 16.7. The van der Waals surface area contributed by atoms with Crippen molar-refractivity contribution in [3.63, 3.8) is 0 Å². The Bertz CT molecular complexity index is 1150. The number of aliphatic carboxylic acids is 1. The molecule has 6 nitrogen and oxygen atoms in total. The number of sulfonamides is 1. The fourth-order valence-corrected chi connectivity index (χ4v) is 5.10. The van der Waals surface area contributed by atoms with E-state index in [2.05, 4.69) is 0 Å². The zero-order valence-electron chi connectivity index (χ0n) is 16.6. The van der Waals surface area contributed by atoms with E-state index in [0.29, 0.717) is 30.5 Å². The van der Waals surface area contributed by atoms with Gasteiger partial charge in [-0.15, -0.1) is 0 Å². The highest BCUT2D eigenvalue weighted by Crippen LogP contribution is 2.41. The van der Waals surface area contributed by atoms with E-state index in [9.17, 15) is 35.2 Å². The average Bonchev–Trinajstić information content (AvgIpc) is 2.69. The summed E-state index contributed by atoms with van der Waals surface area (Å²) in [5.41, 5.74) is -0.847. The number of carboxylic acid groups (broad SMARTS) is 1. The number of rotatable bonds is 6. The Hall–Kier alpha value is -2.73. The average molecular weight is 479 g/mol. The van der Waals surface area contributed by atoms with E-state index in [-0.39, 0.29) is 23.8 Å². The van der Waals surface area contributed by atoms with E-state index in [1.54, 1.807) is 0 Å². The molecule has 1 aliphatic carbocycles. The van der Waals surface area contributed by atoms with Crippen molar-refractivity contribution in [1.29, 1.82) is 0 Å². The van der Waals surface area contributed by atoms with Crippen molar-refractivity contribution in [2.24, 2.45) is 0 Å². The van der Waals surface area contributed by atoms with Gasteiger partial charge in [-0.1, -0.05) is 0 Å². The fourth-order valence-electron chi connectivity index (χ4n) is 3.68. The summed E-state index contributed by atoms with van der Waals surface area (Å²) in [7, 11) is -3.49. The van der Waals surface area contributed by atoms with Crippen molar-refractivity contribution >= 4 is 16.0 Å². The summed E-state index contributed by atoms with van der Waals surface area (Å²) in [4.78, 5) is 9.90. The van der Waals surface area contributed by atoms with Gasteiger partial charge in [0.2, 0.25) is 10.0 Å². The Kier molecular flexibility index (Phi) is 6.47. The van der Waals surface area contributed by atoms with Crippen LogP contribution >= 0.6 is 0 Å². The van der Waals surface area contributed by atoms with Crippen LogP contribution in [0.1, 0.15) is 35.6 Å². The Morgan fingerprint density at radius 3 is 2.44 bits per heavy atom. The lowest BCUT2D eigenvalue weighted by molar-refractivity contribution is -0.139. The van der Waals surface area contributed by atoms with Crippen LogP contribution in [-0.4, -0.2) is 37.5 Å². The van der Waals surface area contributed by atoms with Gasteiger partial charge in [-0.05, 0) is 54.7 Å². The molecule has 2 aromatic carbocycles. The molecule has 2 aromatic rings. The lowest BCUT2D eigenvalue weighted by Gasteiger charge is -2.33. The summed E-state index contributed by atoms with van der Waals surface area (Å²) in [6.45, 7) is -0.738. The number of benzene rings is 2. The molecule has 0 radical (unpaired) electrons. The first-order chi connectivity index (χ1) is 14.8. The molecule has 32 heavy (non-hydrogen) atoms. The first-order valence-corrected chi connectivity index (χ1v) is 10.8. The minimum Gasteiger partial charge on any atom is -0.482 e. The molecule has 1 aliphatic rings. The molecule has 0 amide bonds. The predicted molar refractivity (Wildman–Crippen MR) is 102 cm³/mol. The van der Waals surface area contributed by atoms with Crippen molar-refractivity contribution in [2.45, 2.75) is 36.4 Å². The van der Waals surface area contributed by atoms with Gasteiger partial charge in [-0.2, -0.15) is 17.5 Å². The molecule has 0 saturated heterocycles. The molecule has 0 bridgehead atoms. The molecule has 0 spiro atoms. The minimum absolute atomic E-state index is 0.0528. The zero-order valence-corrected chi connectivity index (χ0v) is 17.4. The van der Waals surface area contributed by atoms with Crippen LogP contribution in [0.5, 0.6) is 5.75 Å². The molecular weight excluding hydrogens is 461 g/mol. The number of fused-ring (bicyclic) bond motifs is 1. The van der Waals surface area contributed by atoms with Gasteiger partial charge in [-0.25, -0.2) is 22.0 Å². The fraction of sp³-hybridized carbons (Fsp3) is 0.350. The molecule has 0 heterocycles. The number of ether oxygens (including phenoxy) is 1. The molecule has 12 heteroatoms. The molecule has 1 atom stereocenters. The Morgan fingerprint density at radius 1 is 1.16 bits per heavy atom. The van der Waals surface area contributed by atoms with Gasteiger partial charge < -0.3 is 9.84 Å². The summed E-state index contributed by atoms with van der Waals surface area (Å²) in [6, 6.07) is 2.09. The maximum absolute atomic E-state index is 14.2. The maximum Gasteiger partial charge on any atom is 0.416 e. The molecule has 0 saturated carbocycles. The van der Waals surface area contributed by atoms with Gasteiger partial charge in [0.15, 0.2) is 6.61 Å². The Balaban J connectivity index is 2.04. The van der Waals surface area contributed by atoms with E-state index >= 15 is 0 Å². The summed E-state index contributed by atoms with van der Waals surface area (Å²) in [5.74, 6) is -3.51. The van der Waals surface area contributed by atoms with Gasteiger partial charge in [0, 0.05) is 13.1 Å². The maximum atomic E-state index is 14.2. The second-order valence-electron chi connectivity index (χ2n) is 7.26. The van der Waals surface area contributed by atoms with E-state index in [1.807, 2.05) is 0 Å². The van der Waals surface area contributed by atoms with Gasteiger partial charge in [0.05, 0.1) is 16.5 Å².